The topological polar surface area (TPSA) is 36.3 Å². The van der Waals surface area contributed by atoms with Crippen LogP contribution in [0.2, 0.25) is 0 Å². The van der Waals surface area contributed by atoms with Crippen LogP contribution in [0, 0.1) is 6.92 Å². The smallest absolute Gasteiger partial charge is 0.496 e. The minimum Gasteiger partial charge on any atom is -0.496 e. The molecule has 2 aromatic rings. The van der Waals surface area contributed by atoms with Crippen LogP contribution in [-0.4, -0.2) is 29.6 Å². The number of fused-ring (bicyclic) bond motifs is 1. The van der Waals surface area contributed by atoms with Crippen LogP contribution in [0.15, 0.2) is 42.8 Å². The maximum absolute atomic E-state index is 12.2. The molecule has 0 amide bonds. The largest absolute Gasteiger partial charge is 0.522 e. The summed E-state index contributed by atoms with van der Waals surface area (Å²) in [5.41, 5.74) is 4.02. The lowest BCUT2D eigenvalue weighted by atomic mass is 10.0. The van der Waals surface area contributed by atoms with Crippen molar-refractivity contribution in [2.24, 2.45) is 7.05 Å². The molecule has 4 nitrogen and oxygen atoms in total. The summed E-state index contributed by atoms with van der Waals surface area (Å²) in [4.78, 5) is 4.75. The average molecular weight is 380 g/mol. The molecule has 27 heavy (non-hydrogen) atoms. The molecule has 0 aliphatic heterocycles. The number of hydrogen-bond acceptors (Lipinski definition) is 3. The summed E-state index contributed by atoms with van der Waals surface area (Å²) in [5.74, 6) is 0.415. The lowest BCUT2D eigenvalue weighted by Crippen LogP contribution is -2.13. The standard InChI is InChI=1S/C20H23F3N2O2/c1-6-14-12-25(4)19-16(14)11-13(3)18(24-19)15(17(7-2)26-5)9-8-10-27-20(21,22)23/h7-9,11-12H,2,6,10H2,1,3-5H3/b9-8-,17-15-. The molecule has 7 heteroatoms. The van der Waals surface area contributed by atoms with Crippen LogP contribution in [0.5, 0.6) is 0 Å². The molecule has 0 bridgehead atoms. The van der Waals surface area contributed by atoms with Crippen molar-refractivity contribution in [2.75, 3.05) is 13.7 Å². The summed E-state index contributed by atoms with van der Waals surface area (Å²) in [6.07, 6.45) is 2.52. The third-order valence-corrected chi connectivity index (χ3v) is 4.16. The van der Waals surface area contributed by atoms with E-state index in [-0.39, 0.29) is 0 Å². The molecule has 0 aliphatic carbocycles. The van der Waals surface area contributed by atoms with Gasteiger partial charge in [-0.1, -0.05) is 25.7 Å². The fourth-order valence-corrected chi connectivity index (χ4v) is 2.92. The molecule has 0 spiro atoms. The normalized spacial score (nSPS) is 13.3. The molecular weight excluding hydrogens is 357 g/mol. The molecule has 0 radical (unpaired) electrons. The van der Waals surface area contributed by atoms with Gasteiger partial charge in [0.15, 0.2) is 0 Å². The quantitative estimate of drug-likeness (QED) is 0.496. The number of aromatic nitrogens is 2. The molecule has 2 aromatic heterocycles. The van der Waals surface area contributed by atoms with Gasteiger partial charge in [-0.25, -0.2) is 4.98 Å². The molecule has 0 fully saturated rings. The zero-order valence-corrected chi connectivity index (χ0v) is 15.9. The van der Waals surface area contributed by atoms with E-state index in [1.807, 2.05) is 30.8 Å². The van der Waals surface area contributed by atoms with Gasteiger partial charge in [0, 0.05) is 24.2 Å². The Bertz CT molecular complexity index is 893. The zero-order chi connectivity index (χ0) is 20.2. The van der Waals surface area contributed by atoms with E-state index in [2.05, 4.69) is 18.2 Å². The van der Waals surface area contributed by atoms with Gasteiger partial charge in [-0.05, 0) is 36.6 Å². The molecule has 0 aromatic carbocycles. The fourth-order valence-electron chi connectivity index (χ4n) is 2.92. The first-order valence-corrected chi connectivity index (χ1v) is 8.45. The highest BCUT2D eigenvalue weighted by Crippen LogP contribution is 2.29. The summed E-state index contributed by atoms with van der Waals surface area (Å²) < 4.78 is 47.6. The van der Waals surface area contributed by atoms with Crippen LogP contribution in [0.1, 0.15) is 23.7 Å². The number of halogens is 3. The van der Waals surface area contributed by atoms with E-state index >= 15 is 0 Å². The van der Waals surface area contributed by atoms with Crippen LogP contribution in [-0.2, 0) is 22.9 Å². The highest BCUT2D eigenvalue weighted by Gasteiger charge is 2.28. The van der Waals surface area contributed by atoms with Gasteiger partial charge in [0.25, 0.3) is 0 Å². The van der Waals surface area contributed by atoms with Gasteiger partial charge in [-0.3, -0.25) is 4.74 Å². The Morgan fingerprint density at radius 3 is 2.63 bits per heavy atom. The van der Waals surface area contributed by atoms with E-state index in [1.165, 1.54) is 30.9 Å². The molecule has 0 aliphatic rings. The van der Waals surface area contributed by atoms with Crippen molar-refractivity contribution in [1.82, 2.24) is 9.55 Å². The van der Waals surface area contributed by atoms with E-state index in [0.717, 1.165) is 23.0 Å². The van der Waals surface area contributed by atoms with Gasteiger partial charge >= 0.3 is 6.36 Å². The van der Waals surface area contributed by atoms with Crippen LogP contribution in [0.4, 0.5) is 13.2 Å². The Balaban J connectivity index is 2.54. The third kappa shape index (κ3) is 4.80. The number of aryl methyl sites for hydroxylation is 3. The number of hydrogen-bond donors (Lipinski definition) is 0. The summed E-state index contributed by atoms with van der Waals surface area (Å²) in [6.45, 7) is 7.09. The van der Waals surface area contributed by atoms with Gasteiger partial charge < -0.3 is 9.30 Å². The molecule has 2 heterocycles. The molecule has 0 saturated carbocycles. The Labute approximate surface area is 156 Å². The lowest BCUT2D eigenvalue weighted by molar-refractivity contribution is -0.319. The maximum Gasteiger partial charge on any atom is 0.522 e. The van der Waals surface area contributed by atoms with Crippen molar-refractivity contribution in [1.29, 1.82) is 0 Å². The monoisotopic (exact) mass is 380 g/mol. The molecular formula is C20H23F3N2O2. The predicted octanol–water partition coefficient (Wildman–Crippen LogP) is 5.08. The second-order valence-corrected chi connectivity index (χ2v) is 5.99. The van der Waals surface area contributed by atoms with Gasteiger partial charge in [0.05, 0.1) is 19.4 Å². The molecule has 2 rings (SSSR count). The minimum atomic E-state index is -4.68. The van der Waals surface area contributed by atoms with Gasteiger partial charge in [-0.2, -0.15) is 0 Å². The van der Waals surface area contributed by atoms with E-state index in [9.17, 15) is 13.2 Å². The van der Waals surface area contributed by atoms with Crippen LogP contribution < -0.4 is 0 Å². The van der Waals surface area contributed by atoms with E-state index in [4.69, 9.17) is 9.72 Å². The number of alkyl halides is 3. The van der Waals surface area contributed by atoms with E-state index in [0.29, 0.717) is 17.0 Å². The summed E-state index contributed by atoms with van der Waals surface area (Å²) in [5, 5.41) is 1.06. The van der Waals surface area contributed by atoms with Crippen molar-refractivity contribution in [2.45, 2.75) is 26.6 Å². The Kier molecular flexibility index (Phi) is 6.49. The van der Waals surface area contributed by atoms with Crippen molar-refractivity contribution in [3.63, 3.8) is 0 Å². The molecule has 0 atom stereocenters. The summed E-state index contributed by atoms with van der Waals surface area (Å²) in [7, 11) is 3.39. The first kappa shape index (κ1) is 20.8. The number of allylic oxidation sites excluding steroid dienone is 3. The Morgan fingerprint density at radius 1 is 1.37 bits per heavy atom. The van der Waals surface area contributed by atoms with Crippen molar-refractivity contribution >= 4 is 16.6 Å². The fraction of sp³-hybridized carbons (Fsp3) is 0.350. The zero-order valence-electron chi connectivity index (χ0n) is 15.9. The summed E-state index contributed by atoms with van der Waals surface area (Å²) >= 11 is 0. The molecule has 0 unspecified atom stereocenters. The van der Waals surface area contributed by atoms with Crippen molar-refractivity contribution < 1.29 is 22.6 Å². The van der Waals surface area contributed by atoms with Gasteiger partial charge in [0.1, 0.15) is 11.4 Å². The molecule has 146 valence electrons. The highest BCUT2D eigenvalue weighted by atomic mass is 19.4. The molecule has 0 N–H and O–H groups in total. The average Bonchev–Trinajstić information content (AvgIpc) is 2.91. The number of nitrogens with zero attached hydrogens (tertiary/aromatic N) is 2. The van der Waals surface area contributed by atoms with Crippen LogP contribution in [0.25, 0.3) is 16.6 Å². The Morgan fingerprint density at radius 2 is 2.07 bits per heavy atom. The number of methoxy groups -OCH3 is 1. The van der Waals surface area contributed by atoms with E-state index < -0.39 is 13.0 Å². The Hall–Kier alpha value is -2.54. The van der Waals surface area contributed by atoms with E-state index in [1.54, 1.807) is 0 Å². The second kappa shape index (κ2) is 8.43. The van der Waals surface area contributed by atoms with Crippen molar-refractivity contribution in [3.05, 3.63) is 59.7 Å². The van der Waals surface area contributed by atoms with Gasteiger partial charge in [-0.15, -0.1) is 13.2 Å². The lowest BCUT2D eigenvalue weighted by Gasteiger charge is -2.12. The van der Waals surface area contributed by atoms with Crippen molar-refractivity contribution in [3.8, 4) is 0 Å². The predicted molar refractivity (Wildman–Crippen MR) is 100 cm³/mol. The third-order valence-electron chi connectivity index (χ3n) is 4.16. The second-order valence-electron chi connectivity index (χ2n) is 5.99. The van der Waals surface area contributed by atoms with Crippen LogP contribution in [0.3, 0.4) is 0 Å². The number of ether oxygens (including phenoxy) is 2. The minimum absolute atomic E-state index is 0.415. The number of pyridine rings is 1. The van der Waals surface area contributed by atoms with Gasteiger partial charge in [0.2, 0.25) is 0 Å². The highest BCUT2D eigenvalue weighted by molar-refractivity contribution is 5.86. The summed E-state index contributed by atoms with van der Waals surface area (Å²) in [6, 6.07) is 2.03. The van der Waals surface area contributed by atoms with Crippen LogP contribution >= 0.6 is 0 Å². The SMILES string of the molecule is C=C/C(OC)=C(\C=C/COC(F)(F)F)c1nc2c(cc1C)c(CC)cn2C. The molecule has 0 saturated heterocycles. The first-order chi connectivity index (χ1) is 12.7. The first-order valence-electron chi connectivity index (χ1n) is 8.45. The maximum atomic E-state index is 12.2. The number of rotatable bonds is 7.